The molecule has 0 aliphatic carbocycles. The maximum atomic E-state index is 15.6. The first-order valence-electron chi connectivity index (χ1n) is 10.9. The lowest BCUT2D eigenvalue weighted by Crippen LogP contribution is -2.16. The van der Waals surface area contributed by atoms with Crippen molar-refractivity contribution in [3.63, 3.8) is 0 Å². The van der Waals surface area contributed by atoms with Crippen LogP contribution in [0.5, 0.6) is 0 Å². The van der Waals surface area contributed by atoms with Crippen molar-refractivity contribution in [1.82, 2.24) is 4.98 Å². The summed E-state index contributed by atoms with van der Waals surface area (Å²) in [7, 11) is 7.68. The average molecular weight is 441 g/mol. The second-order valence-corrected chi connectivity index (χ2v) is 8.50. The fraction of sp³-hybridized carbons (Fsp3) is 0.458. The van der Waals surface area contributed by atoms with Crippen LogP contribution in [0.2, 0.25) is 0 Å². The highest BCUT2D eigenvalue weighted by Gasteiger charge is 2.35. The largest absolute Gasteiger partial charge is 0.378 e. The van der Waals surface area contributed by atoms with Gasteiger partial charge < -0.3 is 9.80 Å². The molecular formula is C24H30F2N6. The minimum atomic E-state index is -2.98. The first kappa shape index (κ1) is 23.5. The zero-order chi connectivity index (χ0) is 23.3. The number of nitrogens with zero attached hydrogens (tertiary/aromatic N) is 6. The van der Waals surface area contributed by atoms with Gasteiger partial charge in [-0.05, 0) is 42.6 Å². The SMILES string of the molecule is CN(C)c1ccc2c(C(F)(F)CCCCCCN=[N+]=[N-])c3ccc(N(C)C)cc3nc2c1. The predicted octanol–water partition coefficient (Wildman–Crippen LogP) is 6.87. The van der Waals surface area contributed by atoms with Gasteiger partial charge in [-0.3, -0.25) is 0 Å². The predicted molar refractivity (Wildman–Crippen MR) is 129 cm³/mol. The minimum absolute atomic E-state index is 0.0576. The number of pyridine rings is 1. The monoisotopic (exact) mass is 440 g/mol. The number of anilines is 2. The van der Waals surface area contributed by atoms with E-state index in [2.05, 4.69) is 10.0 Å². The highest BCUT2D eigenvalue weighted by atomic mass is 19.3. The van der Waals surface area contributed by atoms with Crippen LogP contribution in [0, 0.1) is 0 Å². The topological polar surface area (TPSA) is 68.1 Å². The second kappa shape index (κ2) is 10.0. The van der Waals surface area contributed by atoms with Crippen LogP contribution >= 0.6 is 0 Å². The van der Waals surface area contributed by atoms with Crippen molar-refractivity contribution in [2.75, 3.05) is 44.5 Å². The second-order valence-electron chi connectivity index (χ2n) is 8.50. The first-order valence-corrected chi connectivity index (χ1v) is 10.9. The van der Waals surface area contributed by atoms with Crippen molar-refractivity contribution in [3.05, 3.63) is 52.4 Å². The number of rotatable bonds is 10. The van der Waals surface area contributed by atoms with Crippen molar-refractivity contribution < 1.29 is 8.78 Å². The van der Waals surface area contributed by atoms with E-state index in [4.69, 9.17) is 10.5 Å². The maximum Gasteiger partial charge on any atom is 0.274 e. The van der Waals surface area contributed by atoms with Crippen LogP contribution in [0.3, 0.4) is 0 Å². The molecule has 0 N–H and O–H groups in total. The van der Waals surface area contributed by atoms with Crippen LogP contribution in [0.15, 0.2) is 41.5 Å². The molecule has 0 fully saturated rings. The van der Waals surface area contributed by atoms with Crippen LogP contribution in [-0.2, 0) is 5.92 Å². The number of hydrogen-bond donors (Lipinski definition) is 0. The summed E-state index contributed by atoms with van der Waals surface area (Å²) in [6, 6.07) is 11.0. The number of fused-ring (bicyclic) bond motifs is 2. The van der Waals surface area contributed by atoms with Gasteiger partial charge in [-0.15, -0.1) is 0 Å². The van der Waals surface area contributed by atoms with Gasteiger partial charge in [-0.25, -0.2) is 13.8 Å². The van der Waals surface area contributed by atoms with Gasteiger partial charge >= 0.3 is 0 Å². The molecule has 0 unspecified atom stereocenters. The third kappa shape index (κ3) is 5.19. The molecule has 8 heteroatoms. The average Bonchev–Trinajstić information content (AvgIpc) is 2.75. The van der Waals surface area contributed by atoms with Crippen LogP contribution in [0.25, 0.3) is 32.2 Å². The van der Waals surface area contributed by atoms with E-state index in [1.165, 1.54) is 0 Å². The van der Waals surface area contributed by atoms with Crippen molar-refractivity contribution in [2.24, 2.45) is 5.11 Å². The molecule has 2 aromatic carbocycles. The molecule has 1 heterocycles. The summed E-state index contributed by atoms with van der Waals surface area (Å²) in [4.78, 5) is 11.3. The summed E-state index contributed by atoms with van der Waals surface area (Å²) in [6.07, 6.45) is 2.34. The third-order valence-corrected chi connectivity index (χ3v) is 5.70. The Balaban J connectivity index is 2.02. The molecule has 3 aromatic rings. The van der Waals surface area contributed by atoms with Gasteiger partial charge in [0, 0.05) is 73.8 Å². The summed E-state index contributed by atoms with van der Waals surface area (Å²) in [6.45, 7) is 0.412. The summed E-state index contributed by atoms with van der Waals surface area (Å²) >= 11 is 0. The Labute approximate surface area is 187 Å². The Bertz CT molecular complexity index is 1070. The molecule has 0 atom stereocenters. The van der Waals surface area contributed by atoms with Gasteiger partial charge in [0.05, 0.1) is 11.0 Å². The summed E-state index contributed by atoms with van der Waals surface area (Å²) < 4.78 is 31.3. The molecule has 0 aliphatic rings. The molecule has 1 aromatic heterocycles. The van der Waals surface area contributed by atoms with Crippen molar-refractivity contribution in [1.29, 1.82) is 0 Å². The molecule has 3 rings (SSSR count). The van der Waals surface area contributed by atoms with E-state index in [1.807, 2.05) is 62.3 Å². The molecule has 0 bridgehead atoms. The van der Waals surface area contributed by atoms with Crippen molar-refractivity contribution in [3.8, 4) is 0 Å². The smallest absolute Gasteiger partial charge is 0.274 e. The number of alkyl halides is 2. The zero-order valence-corrected chi connectivity index (χ0v) is 19.1. The Kier molecular flexibility index (Phi) is 7.36. The number of aromatic nitrogens is 1. The Morgan fingerprint density at radius 2 is 1.41 bits per heavy atom. The summed E-state index contributed by atoms with van der Waals surface area (Å²) in [5, 5.41) is 4.48. The van der Waals surface area contributed by atoms with Gasteiger partial charge in [-0.2, -0.15) is 0 Å². The van der Waals surface area contributed by atoms with Gasteiger partial charge in [-0.1, -0.05) is 30.1 Å². The molecule has 0 saturated heterocycles. The third-order valence-electron chi connectivity index (χ3n) is 5.70. The normalized spacial score (nSPS) is 11.6. The van der Waals surface area contributed by atoms with Gasteiger partial charge in [0.2, 0.25) is 0 Å². The quantitative estimate of drug-likeness (QED) is 0.114. The maximum absolute atomic E-state index is 15.6. The van der Waals surface area contributed by atoms with E-state index in [-0.39, 0.29) is 12.0 Å². The van der Waals surface area contributed by atoms with E-state index >= 15 is 8.78 Å². The molecule has 0 aliphatic heterocycles. The van der Waals surface area contributed by atoms with E-state index in [9.17, 15) is 0 Å². The Morgan fingerprint density at radius 1 is 0.875 bits per heavy atom. The number of benzene rings is 2. The molecule has 0 saturated carbocycles. The molecule has 0 amide bonds. The highest BCUT2D eigenvalue weighted by Crippen LogP contribution is 2.42. The highest BCUT2D eigenvalue weighted by molar-refractivity contribution is 6.00. The number of hydrogen-bond acceptors (Lipinski definition) is 4. The first-order chi connectivity index (χ1) is 15.2. The van der Waals surface area contributed by atoms with Crippen LogP contribution in [-0.4, -0.2) is 39.7 Å². The molecule has 0 radical (unpaired) electrons. The number of azide groups is 1. The zero-order valence-electron chi connectivity index (χ0n) is 19.1. The van der Waals surface area contributed by atoms with E-state index in [1.54, 1.807) is 12.1 Å². The van der Waals surface area contributed by atoms with E-state index in [0.717, 1.165) is 24.2 Å². The lowest BCUT2D eigenvalue weighted by molar-refractivity contribution is -0.0128. The van der Waals surface area contributed by atoms with Crippen molar-refractivity contribution >= 4 is 33.2 Å². The fourth-order valence-corrected chi connectivity index (χ4v) is 3.93. The molecule has 0 spiro atoms. The lowest BCUT2D eigenvalue weighted by atomic mass is 9.93. The minimum Gasteiger partial charge on any atom is -0.378 e. The van der Waals surface area contributed by atoms with Gasteiger partial charge in [0.25, 0.3) is 5.92 Å². The molecule has 32 heavy (non-hydrogen) atoms. The van der Waals surface area contributed by atoms with Gasteiger partial charge in [0.1, 0.15) is 0 Å². The lowest BCUT2D eigenvalue weighted by Gasteiger charge is -2.23. The Hall–Kier alpha value is -3.12. The number of unbranched alkanes of at least 4 members (excludes halogenated alkanes) is 3. The molecule has 170 valence electrons. The van der Waals surface area contributed by atoms with Crippen LogP contribution in [0.1, 0.15) is 37.7 Å². The van der Waals surface area contributed by atoms with Crippen molar-refractivity contribution in [2.45, 2.75) is 38.0 Å². The summed E-state index contributed by atoms with van der Waals surface area (Å²) in [5.41, 5.74) is 11.4. The van der Waals surface area contributed by atoms with E-state index < -0.39 is 5.92 Å². The van der Waals surface area contributed by atoms with E-state index in [0.29, 0.717) is 41.2 Å². The van der Waals surface area contributed by atoms with Gasteiger partial charge in [0.15, 0.2) is 0 Å². The Morgan fingerprint density at radius 3 is 1.91 bits per heavy atom. The fourth-order valence-electron chi connectivity index (χ4n) is 3.93. The molecular weight excluding hydrogens is 410 g/mol. The molecule has 6 nitrogen and oxygen atoms in total. The summed E-state index contributed by atoms with van der Waals surface area (Å²) in [5.74, 6) is -2.98. The van der Waals surface area contributed by atoms with Crippen LogP contribution in [0.4, 0.5) is 20.2 Å². The van der Waals surface area contributed by atoms with Crippen LogP contribution < -0.4 is 9.80 Å². The standard InChI is InChI=1S/C24H30F2N6/c1-31(2)17-9-11-19-21(15-17)29-22-16-18(32(3)4)10-12-20(22)23(19)24(25,26)13-7-5-6-8-14-28-30-27/h9-12,15-16H,5-8,13-14H2,1-4H3. The number of halogens is 2.